The van der Waals surface area contributed by atoms with Gasteiger partial charge in [0.05, 0.1) is 35.9 Å². The van der Waals surface area contributed by atoms with Crippen molar-refractivity contribution in [3.63, 3.8) is 0 Å². The van der Waals surface area contributed by atoms with Gasteiger partial charge in [-0.05, 0) is 18.6 Å². The molecule has 7 heteroatoms. The number of carbonyl (C=O) groups excluding carboxylic acids is 1. The van der Waals surface area contributed by atoms with Gasteiger partial charge in [0, 0.05) is 10.9 Å². The van der Waals surface area contributed by atoms with Gasteiger partial charge >= 0.3 is 0 Å². The predicted molar refractivity (Wildman–Crippen MR) is 113 cm³/mol. The first-order valence-electron chi connectivity index (χ1n) is 9.61. The van der Waals surface area contributed by atoms with E-state index in [1.165, 1.54) is 15.8 Å². The van der Waals surface area contributed by atoms with Crippen LogP contribution in [0.4, 0.5) is 11.5 Å². The molecule has 2 aromatic carbocycles. The van der Waals surface area contributed by atoms with Gasteiger partial charge in [0.1, 0.15) is 5.75 Å². The molecule has 4 aromatic rings. The Morgan fingerprint density at radius 2 is 1.67 bits per heavy atom. The van der Waals surface area contributed by atoms with E-state index in [-0.39, 0.29) is 23.8 Å². The fraction of sp³-hybridized carbons (Fsp3) is 0.130. The molecule has 1 atom stereocenters. The van der Waals surface area contributed by atoms with Crippen molar-refractivity contribution in [2.24, 2.45) is 0 Å². The fourth-order valence-corrected chi connectivity index (χ4v) is 3.97. The van der Waals surface area contributed by atoms with Crippen LogP contribution in [0.1, 0.15) is 24.0 Å². The largest absolute Gasteiger partial charge is 0.506 e. The van der Waals surface area contributed by atoms with Crippen molar-refractivity contribution < 1.29 is 9.90 Å². The Hall–Kier alpha value is -4.00. The zero-order valence-corrected chi connectivity index (χ0v) is 16.2. The van der Waals surface area contributed by atoms with E-state index >= 15 is 0 Å². The maximum Gasteiger partial charge on any atom is 0.275 e. The maximum atomic E-state index is 13.2. The van der Waals surface area contributed by atoms with Crippen LogP contribution >= 0.6 is 0 Å². The highest BCUT2D eigenvalue weighted by molar-refractivity contribution is 6.13. The lowest BCUT2D eigenvalue weighted by molar-refractivity contribution is -0.118. The molecule has 3 heterocycles. The van der Waals surface area contributed by atoms with Gasteiger partial charge in [-0.15, -0.1) is 0 Å². The summed E-state index contributed by atoms with van der Waals surface area (Å²) in [6.45, 7) is 2.02. The normalized spacial score (nSPS) is 15.6. The molecule has 0 saturated carbocycles. The van der Waals surface area contributed by atoms with Gasteiger partial charge < -0.3 is 5.11 Å². The van der Waals surface area contributed by atoms with Crippen LogP contribution in [-0.4, -0.2) is 25.8 Å². The molecule has 1 aliphatic rings. The molecule has 0 radical (unpaired) electrons. The van der Waals surface area contributed by atoms with E-state index in [9.17, 15) is 14.7 Å². The summed E-state index contributed by atoms with van der Waals surface area (Å²) in [4.78, 5) is 31.8. The average Bonchev–Trinajstić information content (AvgIpc) is 3.02. The molecule has 0 spiro atoms. The summed E-state index contributed by atoms with van der Waals surface area (Å²) >= 11 is 0. The summed E-state index contributed by atoms with van der Waals surface area (Å²) in [6, 6.07) is 16.7. The zero-order valence-electron chi connectivity index (χ0n) is 16.2. The molecule has 0 fully saturated rings. The summed E-state index contributed by atoms with van der Waals surface area (Å²) in [5.74, 6) is -0.448. The summed E-state index contributed by atoms with van der Waals surface area (Å²) in [6.07, 6.45) is 2.87. The second-order valence-electron chi connectivity index (χ2n) is 7.30. The molecule has 7 nitrogen and oxygen atoms in total. The Balaban J connectivity index is 1.76. The minimum absolute atomic E-state index is 0.0298. The quantitative estimate of drug-likeness (QED) is 0.572. The van der Waals surface area contributed by atoms with Crippen molar-refractivity contribution in [2.75, 3.05) is 4.90 Å². The highest BCUT2D eigenvalue weighted by Crippen LogP contribution is 2.45. The van der Waals surface area contributed by atoms with E-state index in [1.807, 2.05) is 30.3 Å². The Labute approximate surface area is 171 Å². The van der Waals surface area contributed by atoms with E-state index in [2.05, 4.69) is 10.1 Å². The van der Waals surface area contributed by atoms with Crippen molar-refractivity contribution in [3.05, 3.63) is 88.5 Å². The molecule has 30 heavy (non-hydrogen) atoms. The second-order valence-corrected chi connectivity index (χ2v) is 7.30. The van der Waals surface area contributed by atoms with Gasteiger partial charge in [-0.2, -0.15) is 5.10 Å². The number of rotatable bonds is 3. The molecule has 1 aliphatic heterocycles. The average molecular weight is 398 g/mol. The van der Waals surface area contributed by atoms with E-state index in [0.29, 0.717) is 27.8 Å². The SMILES string of the molecule is CC1C(=O)N(c2nn(Cc3ccccc3)c(=O)c3ccccc23)c2cncc(O)c21. The molecular formula is C23H18N4O3. The lowest BCUT2D eigenvalue weighted by Gasteiger charge is -2.20. The number of nitrogens with zero attached hydrogens (tertiary/aromatic N) is 4. The van der Waals surface area contributed by atoms with Crippen molar-refractivity contribution in [2.45, 2.75) is 19.4 Å². The molecule has 1 amide bonds. The summed E-state index contributed by atoms with van der Waals surface area (Å²) in [7, 11) is 0. The van der Waals surface area contributed by atoms with Crippen LogP contribution in [0.2, 0.25) is 0 Å². The van der Waals surface area contributed by atoms with Crippen molar-refractivity contribution in [1.82, 2.24) is 14.8 Å². The van der Waals surface area contributed by atoms with Crippen molar-refractivity contribution in [1.29, 1.82) is 0 Å². The number of carbonyl (C=O) groups is 1. The van der Waals surface area contributed by atoms with E-state index in [0.717, 1.165) is 5.56 Å². The van der Waals surface area contributed by atoms with Crippen LogP contribution in [0.25, 0.3) is 10.8 Å². The standard InChI is InChI=1S/C23H18N4O3/c1-14-20-18(11-24-12-19(20)28)27(22(14)29)21-16-9-5-6-10-17(16)23(30)26(25-21)13-15-7-3-2-4-8-15/h2-12,14,28H,13H2,1H3. The molecule has 1 unspecified atom stereocenters. The molecule has 0 aliphatic carbocycles. The first-order valence-corrected chi connectivity index (χ1v) is 9.61. The zero-order chi connectivity index (χ0) is 20.8. The number of anilines is 2. The first-order chi connectivity index (χ1) is 14.6. The molecule has 5 rings (SSSR count). The predicted octanol–water partition coefficient (Wildman–Crippen LogP) is 3.33. The van der Waals surface area contributed by atoms with Gasteiger partial charge in [-0.1, -0.05) is 48.5 Å². The number of aromatic hydroxyl groups is 1. The van der Waals surface area contributed by atoms with Crippen LogP contribution in [0.5, 0.6) is 5.75 Å². The van der Waals surface area contributed by atoms with Crippen LogP contribution < -0.4 is 10.5 Å². The van der Waals surface area contributed by atoms with E-state index < -0.39 is 5.92 Å². The maximum absolute atomic E-state index is 13.2. The number of hydrogen-bond acceptors (Lipinski definition) is 5. The Morgan fingerprint density at radius 3 is 2.43 bits per heavy atom. The molecule has 0 saturated heterocycles. The summed E-state index contributed by atoms with van der Waals surface area (Å²) in [5.41, 5.74) is 1.69. The number of pyridine rings is 1. The van der Waals surface area contributed by atoms with Crippen LogP contribution in [0.3, 0.4) is 0 Å². The Bertz CT molecular complexity index is 1350. The number of amides is 1. The van der Waals surface area contributed by atoms with Crippen LogP contribution in [0.15, 0.2) is 71.8 Å². The third-order valence-electron chi connectivity index (χ3n) is 5.45. The van der Waals surface area contributed by atoms with E-state index in [1.54, 1.807) is 37.4 Å². The number of fused-ring (bicyclic) bond motifs is 2. The monoisotopic (exact) mass is 398 g/mol. The van der Waals surface area contributed by atoms with Crippen LogP contribution in [-0.2, 0) is 11.3 Å². The molecule has 148 valence electrons. The molecule has 1 N–H and O–H groups in total. The molecule has 2 aromatic heterocycles. The molecular weight excluding hydrogens is 380 g/mol. The number of hydrogen-bond donors (Lipinski definition) is 1. The Kier molecular flexibility index (Phi) is 4.10. The lowest BCUT2D eigenvalue weighted by Crippen LogP contribution is -2.30. The van der Waals surface area contributed by atoms with Crippen molar-refractivity contribution in [3.8, 4) is 5.75 Å². The smallest absolute Gasteiger partial charge is 0.275 e. The first kappa shape index (κ1) is 18.1. The van der Waals surface area contributed by atoms with E-state index in [4.69, 9.17) is 0 Å². The minimum atomic E-state index is -0.543. The summed E-state index contributed by atoms with van der Waals surface area (Å²) in [5, 5.41) is 15.9. The highest BCUT2D eigenvalue weighted by atomic mass is 16.3. The lowest BCUT2D eigenvalue weighted by atomic mass is 10.0. The van der Waals surface area contributed by atoms with Gasteiger partial charge in [0.15, 0.2) is 5.82 Å². The minimum Gasteiger partial charge on any atom is -0.506 e. The van der Waals surface area contributed by atoms with Crippen LogP contribution in [0, 0.1) is 0 Å². The third-order valence-corrected chi connectivity index (χ3v) is 5.45. The summed E-state index contributed by atoms with van der Waals surface area (Å²) < 4.78 is 1.37. The second kappa shape index (κ2) is 6.81. The van der Waals surface area contributed by atoms with Gasteiger partial charge in [-0.25, -0.2) is 4.68 Å². The van der Waals surface area contributed by atoms with Gasteiger partial charge in [0.2, 0.25) is 5.91 Å². The van der Waals surface area contributed by atoms with Gasteiger partial charge in [0.25, 0.3) is 5.56 Å². The fourth-order valence-electron chi connectivity index (χ4n) is 3.97. The van der Waals surface area contributed by atoms with Crippen molar-refractivity contribution >= 4 is 28.2 Å². The Morgan fingerprint density at radius 1 is 0.967 bits per heavy atom. The van der Waals surface area contributed by atoms with Gasteiger partial charge in [-0.3, -0.25) is 19.5 Å². The number of aromatic nitrogens is 3. The third kappa shape index (κ3) is 2.67. The topological polar surface area (TPSA) is 88.3 Å². The highest BCUT2D eigenvalue weighted by Gasteiger charge is 2.39. The molecule has 0 bridgehead atoms. The number of benzene rings is 2.